The summed E-state index contributed by atoms with van der Waals surface area (Å²) in [5, 5.41) is 3.43. The highest BCUT2D eigenvalue weighted by Gasteiger charge is 2.16. The number of rotatable bonds is 5. The van der Waals surface area contributed by atoms with Gasteiger partial charge in [-0.1, -0.05) is 12.1 Å². The maximum Gasteiger partial charge on any atom is 0.118 e. The molecule has 0 amide bonds. The highest BCUT2D eigenvalue weighted by molar-refractivity contribution is 5.27. The number of hydrogen-bond donors (Lipinski definition) is 1. The van der Waals surface area contributed by atoms with Gasteiger partial charge in [-0.05, 0) is 44.0 Å². The highest BCUT2D eigenvalue weighted by atomic mass is 16.5. The van der Waals surface area contributed by atoms with E-state index < -0.39 is 0 Å². The summed E-state index contributed by atoms with van der Waals surface area (Å²) < 4.78 is 5.17. The Morgan fingerprint density at radius 1 is 1.33 bits per heavy atom. The fourth-order valence-corrected chi connectivity index (χ4v) is 2.49. The quantitative estimate of drug-likeness (QED) is 0.861. The molecule has 1 aliphatic heterocycles. The molecule has 1 N–H and O–H groups in total. The van der Waals surface area contributed by atoms with Crippen molar-refractivity contribution in [1.82, 2.24) is 10.2 Å². The predicted molar refractivity (Wildman–Crippen MR) is 75.2 cm³/mol. The third kappa shape index (κ3) is 3.72. The lowest BCUT2D eigenvalue weighted by atomic mass is 10.1. The SMILES string of the molecule is COc1ccc(CCCN2CCNCC2C)cc1. The van der Waals surface area contributed by atoms with Crippen LogP contribution in [0.4, 0.5) is 0 Å². The van der Waals surface area contributed by atoms with Crippen LogP contribution in [-0.4, -0.2) is 44.2 Å². The van der Waals surface area contributed by atoms with Crippen LogP contribution < -0.4 is 10.1 Å². The molecule has 1 atom stereocenters. The lowest BCUT2D eigenvalue weighted by Gasteiger charge is -2.33. The third-order valence-corrected chi connectivity index (χ3v) is 3.71. The van der Waals surface area contributed by atoms with Crippen LogP contribution >= 0.6 is 0 Å². The van der Waals surface area contributed by atoms with E-state index in [-0.39, 0.29) is 0 Å². The van der Waals surface area contributed by atoms with Gasteiger partial charge in [0.2, 0.25) is 0 Å². The maximum absolute atomic E-state index is 5.17. The second kappa shape index (κ2) is 6.76. The first-order valence-electron chi connectivity index (χ1n) is 6.87. The minimum Gasteiger partial charge on any atom is -0.497 e. The van der Waals surface area contributed by atoms with E-state index in [1.807, 2.05) is 12.1 Å². The summed E-state index contributed by atoms with van der Waals surface area (Å²) in [5.41, 5.74) is 1.40. The molecule has 1 saturated heterocycles. The van der Waals surface area contributed by atoms with Crippen LogP contribution in [0.5, 0.6) is 5.75 Å². The van der Waals surface area contributed by atoms with Gasteiger partial charge in [-0.25, -0.2) is 0 Å². The van der Waals surface area contributed by atoms with Gasteiger partial charge in [-0.15, -0.1) is 0 Å². The van der Waals surface area contributed by atoms with Gasteiger partial charge in [0.15, 0.2) is 0 Å². The maximum atomic E-state index is 5.17. The zero-order chi connectivity index (χ0) is 12.8. The van der Waals surface area contributed by atoms with Gasteiger partial charge in [-0.3, -0.25) is 4.90 Å². The van der Waals surface area contributed by atoms with Crippen LogP contribution in [0.2, 0.25) is 0 Å². The van der Waals surface area contributed by atoms with Crippen LogP contribution in [-0.2, 0) is 6.42 Å². The Balaban J connectivity index is 1.73. The summed E-state index contributed by atoms with van der Waals surface area (Å²) in [6.45, 7) is 6.95. The molecule has 3 heteroatoms. The van der Waals surface area contributed by atoms with Crippen molar-refractivity contribution in [3.05, 3.63) is 29.8 Å². The number of methoxy groups -OCH3 is 1. The molecular formula is C15H24N2O. The van der Waals surface area contributed by atoms with Gasteiger partial charge in [0, 0.05) is 25.7 Å². The molecule has 0 aromatic heterocycles. The molecule has 0 radical (unpaired) electrons. The molecule has 2 rings (SSSR count). The second-order valence-corrected chi connectivity index (χ2v) is 5.04. The number of nitrogens with zero attached hydrogens (tertiary/aromatic N) is 1. The van der Waals surface area contributed by atoms with Crippen molar-refractivity contribution >= 4 is 0 Å². The Labute approximate surface area is 110 Å². The second-order valence-electron chi connectivity index (χ2n) is 5.04. The van der Waals surface area contributed by atoms with Crippen molar-refractivity contribution < 1.29 is 4.74 Å². The lowest BCUT2D eigenvalue weighted by Crippen LogP contribution is -2.49. The van der Waals surface area contributed by atoms with Gasteiger partial charge < -0.3 is 10.1 Å². The molecule has 0 spiro atoms. The van der Waals surface area contributed by atoms with Crippen LogP contribution in [0.3, 0.4) is 0 Å². The molecule has 1 fully saturated rings. The molecule has 1 aromatic carbocycles. The van der Waals surface area contributed by atoms with Crippen LogP contribution in [0.1, 0.15) is 18.9 Å². The van der Waals surface area contributed by atoms with Crippen molar-refractivity contribution in [1.29, 1.82) is 0 Å². The molecule has 1 heterocycles. The number of nitrogens with one attached hydrogen (secondary N) is 1. The van der Waals surface area contributed by atoms with E-state index in [1.165, 1.54) is 25.1 Å². The summed E-state index contributed by atoms with van der Waals surface area (Å²) in [4.78, 5) is 2.58. The summed E-state index contributed by atoms with van der Waals surface area (Å²) in [6.07, 6.45) is 2.39. The van der Waals surface area contributed by atoms with E-state index in [0.29, 0.717) is 6.04 Å². The average Bonchev–Trinajstić information content (AvgIpc) is 2.42. The fraction of sp³-hybridized carbons (Fsp3) is 0.600. The van der Waals surface area contributed by atoms with E-state index >= 15 is 0 Å². The van der Waals surface area contributed by atoms with Crippen molar-refractivity contribution in [2.24, 2.45) is 0 Å². The zero-order valence-corrected chi connectivity index (χ0v) is 11.5. The topological polar surface area (TPSA) is 24.5 Å². The number of ether oxygens (including phenoxy) is 1. The van der Waals surface area contributed by atoms with Crippen molar-refractivity contribution in [3.8, 4) is 5.75 Å². The summed E-state index contributed by atoms with van der Waals surface area (Å²) in [6, 6.07) is 9.10. The third-order valence-electron chi connectivity index (χ3n) is 3.71. The van der Waals surface area contributed by atoms with E-state index in [0.717, 1.165) is 25.3 Å². The Kier molecular flexibility index (Phi) is 5.02. The minimum absolute atomic E-state index is 0.676. The van der Waals surface area contributed by atoms with E-state index in [9.17, 15) is 0 Å². The smallest absolute Gasteiger partial charge is 0.118 e. The highest BCUT2D eigenvalue weighted by Crippen LogP contribution is 2.13. The summed E-state index contributed by atoms with van der Waals surface area (Å²) in [5.74, 6) is 0.939. The van der Waals surface area contributed by atoms with E-state index in [2.05, 4.69) is 29.3 Å². The largest absolute Gasteiger partial charge is 0.497 e. The van der Waals surface area contributed by atoms with Gasteiger partial charge in [0.25, 0.3) is 0 Å². The first-order chi connectivity index (χ1) is 8.79. The van der Waals surface area contributed by atoms with Gasteiger partial charge in [0.05, 0.1) is 7.11 Å². The average molecular weight is 248 g/mol. The van der Waals surface area contributed by atoms with Crippen molar-refractivity contribution in [3.63, 3.8) is 0 Å². The number of piperazine rings is 1. The Morgan fingerprint density at radius 2 is 2.11 bits per heavy atom. The van der Waals surface area contributed by atoms with Crippen molar-refractivity contribution in [2.45, 2.75) is 25.8 Å². The van der Waals surface area contributed by atoms with Crippen molar-refractivity contribution in [2.75, 3.05) is 33.3 Å². The Bertz CT molecular complexity index is 350. The zero-order valence-electron chi connectivity index (χ0n) is 11.5. The summed E-state index contributed by atoms with van der Waals surface area (Å²) in [7, 11) is 1.71. The Morgan fingerprint density at radius 3 is 2.78 bits per heavy atom. The molecule has 0 bridgehead atoms. The minimum atomic E-state index is 0.676. The normalized spacial score (nSPS) is 20.9. The first kappa shape index (κ1) is 13.4. The number of benzene rings is 1. The molecule has 18 heavy (non-hydrogen) atoms. The molecule has 1 aliphatic rings. The number of hydrogen-bond acceptors (Lipinski definition) is 3. The molecule has 3 nitrogen and oxygen atoms in total. The molecule has 1 aromatic rings. The van der Waals surface area contributed by atoms with Crippen LogP contribution in [0, 0.1) is 0 Å². The summed E-state index contributed by atoms with van der Waals surface area (Å²) >= 11 is 0. The van der Waals surface area contributed by atoms with Gasteiger partial charge >= 0.3 is 0 Å². The molecule has 1 unspecified atom stereocenters. The lowest BCUT2D eigenvalue weighted by molar-refractivity contribution is 0.172. The van der Waals surface area contributed by atoms with E-state index in [1.54, 1.807) is 7.11 Å². The Hall–Kier alpha value is -1.06. The monoisotopic (exact) mass is 248 g/mol. The standard InChI is InChI=1S/C15H24N2O/c1-13-12-16-9-11-17(13)10-3-4-14-5-7-15(18-2)8-6-14/h5-8,13,16H,3-4,9-12H2,1-2H3. The molecule has 0 saturated carbocycles. The first-order valence-corrected chi connectivity index (χ1v) is 6.87. The fourth-order valence-electron chi connectivity index (χ4n) is 2.49. The molecular weight excluding hydrogens is 224 g/mol. The predicted octanol–water partition coefficient (Wildman–Crippen LogP) is 1.92. The molecule has 0 aliphatic carbocycles. The van der Waals surface area contributed by atoms with Gasteiger partial charge in [0.1, 0.15) is 5.75 Å². The van der Waals surface area contributed by atoms with Gasteiger partial charge in [-0.2, -0.15) is 0 Å². The van der Waals surface area contributed by atoms with Crippen LogP contribution in [0.15, 0.2) is 24.3 Å². The van der Waals surface area contributed by atoms with Crippen LogP contribution in [0.25, 0.3) is 0 Å². The molecule has 100 valence electrons. The van der Waals surface area contributed by atoms with E-state index in [4.69, 9.17) is 4.74 Å². The number of aryl methyl sites for hydroxylation is 1.